The Hall–Kier alpha value is -1.60. The third kappa shape index (κ3) is 4.41. The second kappa shape index (κ2) is 6.87. The van der Waals surface area contributed by atoms with Crippen LogP contribution < -0.4 is 5.32 Å². The van der Waals surface area contributed by atoms with E-state index in [-0.39, 0.29) is 0 Å². The Kier molecular flexibility index (Phi) is 5.44. The van der Waals surface area contributed by atoms with E-state index in [2.05, 4.69) is 36.1 Å². The van der Waals surface area contributed by atoms with Crippen molar-refractivity contribution in [3.05, 3.63) is 23.9 Å². The SMILES string of the molecule is CCC(C)N(C)CCNc1cccc(C#N)n1. The molecule has 0 amide bonds. The number of hydrogen-bond donors (Lipinski definition) is 1. The number of likely N-dealkylation sites (N-methyl/N-ethyl adjacent to an activating group) is 1. The molecular formula is C13H20N4. The molecule has 92 valence electrons. The van der Waals surface area contributed by atoms with Gasteiger partial charge in [0.05, 0.1) is 0 Å². The molecule has 1 aromatic heterocycles. The molecule has 1 N–H and O–H groups in total. The van der Waals surface area contributed by atoms with Gasteiger partial charge >= 0.3 is 0 Å². The van der Waals surface area contributed by atoms with Crippen molar-refractivity contribution in [2.24, 2.45) is 0 Å². The van der Waals surface area contributed by atoms with E-state index < -0.39 is 0 Å². The van der Waals surface area contributed by atoms with Gasteiger partial charge in [0.2, 0.25) is 0 Å². The van der Waals surface area contributed by atoms with Crippen molar-refractivity contribution in [2.45, 2.75) is 26.3 Å². The zero-order valence-corrected chi connectivity index (χ0v) is 10.8. The molecule has 4 nitrogen and oxygen atoms in total. The van der Waals surface area contributed by atoms with Crippen molar-refractivity contribution in [2.75, 3.05) is 25.5 Å². The van der Waals surface area contributed by atoms with Gasteiger partial charge in [-0.15, -0.1) is 0 Å². The van der Waals surface area contributed by atoms with Crippen LogP contribution in [-0.4, -0.2) is 36.1 Å². The van der Waals surface area contributed by atoms with Gasteiger partial charge in [-0.25, -0.2) is 4.98 Å². The first-order chi connectivity index (χ1) is 8.17. The topological polar surface area (TPSA) is 52.0 Å². The van der Waals surface area contributed by atoms with Gasteiger partial charge in [-0.1, -0.05) is 13.0 Å². The average molecular weight is 232 g/mol. The zero-order chi connectivity index (χ0) is 12.7. The molecule has 0 saturated carbocycles. The molecule has 0 spiro atoms. The number of anilines is 1. The Balaban J connectivity index is 2.38. The van der Waals surface area contributed by atoms with Gasteiger partial charge in [-0.2, -0.15) is 5.26 Å². The van der Waals surface area contributed by atoms with Crippen LogP contribution in [0, 0.1) is 11.3 Å². The minimum absolute atomic E-state index is 0.449. The highest BCUT2D eigenvalue weighted by Gasteiger charge is 2.05. The monoisotopic (exact) mass is 232 g/mol. The predicted molar refractivity (Wildman–Crippen MR) is 69.8 cm³/mol. The maximum Gasteiger partial charge on any atom is 0.142 e. The van der Waals surface area contributed by atoms with Crippen LogP contribution in [-0.2, 0) is 0 Å². The standard InChI is InChI=1S/C13H20N4/c1-4-11(2)17(3)9-8-15-13-7-5-6-12(10-14)16-13/h5-7,11H,4,8-9H2,1-3H3,(H,15,16). The van der Waals surface area contributed by atoms with Crippen LogP contribution in [0.4, 0.5) is 5.82 Å². The lowest BCUT2D eigenvalue weighted by molar-refractivity contribution is 0.261. The lowest BCUT2D eigenvalue weighted by Crippen LogP contribution is -2.32. The van der Waals surface area contributed by atoms with E-state index in [0.29, 0.717) is 11.7 Å². The first kappa shape index (κ1) is 13.5. The maximum atomic E-state index is 8.73. The van der Waals surface area contributed by atoms with Gasteiger partial charge in [0.1, 0.15) is 17.6 Å². The molecule has 0 saturated heterocycles. The van der Waals surface area contributed by atoms with E-state index in [4.69, 9.17) is 5.26 Å². The van der Waals surface area contributed by atoms with Gasteiger partial charge in [-0.05, 0) is 32.5 Å². The van der Waals surface area contributed by atoms with Crippen LogP contribution >= 0.6 is 0 Å². The molecule has 1 aromatic rings. The van der Waals surface area contributed by atoms with Crippen molar-refractivity contribution < 1.29 is 0 Å². The summed E-state index contributed by atoms with van der Waals surface area (Å²) in [6.07, 6.45) is 1.15. The fourth-order valence-electron chi connectivity index (χ4n) is 1.49. The van der Waals surface area contributed by atoms with Crippen LogP contribution in [0.25, 0.3) is 0 Å². The van der Waals surface area contributed by atoms with Gasteiger partial charge < -0.3 is 10.2 Å². The van der Waals surface area contributed by atoms with Crippen LogP contribution in [0.2, 0.25) is 0 Å². The molecule has 0 aromatic carbocycles. The van der Waals surface area contributed by atoms with E-state index in [0.717, 1.165) is 25.3 Å². The number of rotatable bonds is 6. The van der Waals surface area contributed by atoms with E-state index >= 15 is 0 Å². The second-order valence-electron chi connectivity index (χ2n) is 4.18. The molecule has 0 radical (unpaired) electrons. The van der Waals surface area contributed by atoms with E-state index in [9.17, 15) is 0 Å². The highest BCUT2D eigenvalue weighted by Crippen LogP contribution is 2.04. The third-order valence-electron chi connectivity index (χ3n) is 2.98. The molecule has 1 unspecified atom stereocenters. The van der Waals surface area contributed by atoms with E-state index in [1.165, 1.54) is 0 Å². The Bertz CT molecular complexity index is 383. The van der Waals surface area contributed by atoms with Crippen molar-refractivity contribution in [3.8, 4) is 6.07 Å². The molecule has 0 aliphatic heterocycles. The third-order valence-corrected chi connectivity index (χ3v) is 2.98. The average Bonchev–Trinajstić information content (AvgIpc) is 2.37. The highest BCUT2D eigenvalue weighted by atomic mass is 15.1. The summed E-state index contributed by atoms with van der Waals surface area (Å²) in [7, 11) is 2.12. The van der Waals surface area contributed by atoms with Crippen LogP contribution in [0.5, 0.6) is 0 Å². The van der Waals surface area contributed by atoms with E-state index in [1.54, 1.807) is 6.07 Å². The number of aromatic nitrogens is 1. The van der Waals surface area contributed by atoms with Crippen LogP contribution in [0.15, 0.2) is 18.2 Å². The summed E-state index contributed by atoms with van der Waals surface area (Å²) in [6, 6.07) is 8.05. The normalized spacial score (nSPS) is 12.2. The smallest absolute Gasteiger partial charge is 0.142 e. The van der Waals surface area contributed by atoms with Crippen molar-refractivity contribution in [3.63, 3.8) is 0 Å². The Morgan fingerprint density at radius 1 is 1.53 bits per heavy atom. The predicted octanol–water partition coefficient (Wildman–Crippen LogP) is 2.10. The minimum Gasteiger partial charge on any atom is -0.369 e. The largest absolute Gasteiger partial charge is 0.369 e. The summed E-state index contributed by atoms with van der Waals surface area (Å²) >= 11 is 0. The zero-order valence-electron chi connectivity index (χ0n) is 10.8. The molecule has 17 heavy (non-hydrogen) atoms. The molecule has 0 aliphatic carbocycles. The number of nitriles is 1. The molecule has 1 rings (SSSR count). The van der Waals surface area contributed by atoms with Gasteiger partial charge in [-0.3, -0.25) is 0 Å². The first-order valence-electron chi connectivity index (χ1n) is 5.98. The quantitative estimate of drug-likeness (QED) is 0.816. The molecule has 1 heterocycles. The molecular weight excluding hydrogens is 212 g/mol. The fraction of sp³-hybridized carbons (Fsp3) is 0.538. The van der Waals surface area contributed by atoms with Crippen molar-refractivity contribution in [1.82, 2.24) is 9.88 Å². The van der Waals surface area contributed by atoms with Gasteiger partial charge in [0.15, 0.2) is 0 Å². The maximum absolute atomic E-state index is 8.73. The molecule has 0 fully saturated rings. The van der Waals surface area contributed by atoms with Crippen molar-refractivity contribution >= 4 is 5.82 Å². The molecule has 0 aliphatic rings. The second-order valence-corrected chi connectivity index (χ2v) is 4.18. The summed E-state index contributed by atoms with van der Waals surface area (Å²) in [5.41, 5.74) is 0.449. The van der Waals surface area contributed by atoms with Crippen LogP contribution in [0.3, 0.4) is 0 Å². The minimum atomic E-state index is 0.449. The van der Waals surface area contributed by atoms with Crippen LogP contribution in [0.1, 0.15) is 26.0 Å². The Labute approximate surface area is 103 Å². The number of pyridine rings is 1. The van der Waals surface area contributed by atoms with Crippen molar-refractivity contribution in [1.29, 1.82) is 5.26 Å². The summed E-state index contributed by atoms with van der Waals surface area (Å²) in [5.74, 6) is 0.765. The number of nitrogens with zero attached hydrogens (tertiary/aromatic N) is 3. The summed E-state index contributed by atoms with van der Waals surface area (Å²) in [4.78, 5) is 6.47. The Morgan fingerprint density at radius 2 is 2.29 bits per heavy atom. The molecule has 0 bridgehead atoms. The number of nitrogens with one attached hydrogen (secondary N) is 1. The van der Waals surface area contributed by atoms with Gasteiger partial charge in [0, 0.05) is 19.1 Å². The molecule has 1 atom stereocenters. The first-order valence-corrected chi connectivity index (χ1v) is 5.98. The Morgan fingerprint density at radius 3 is 2.94 bits per heavy atom. The van der Waals surface area contributed by atoms with E-state index in [1.807, 2.05) is 18.2 Å². The van der Waals surface area contributed by atoms with Gasteiger partial charge in [0.25, 0.3) is 0 Å². The lowest BCUT2D eigenvalue weighted by atomic mass is 10.2. The number of hydrogen-bond acceptors (Lipinski definition) is 4. The summed E-state index contributed by atoms with van der Waals surface area (Å²) in [5, 5.41) is 12.0. The lowest BCUT2D eigenvalue weighted by Gasteiger charge is -2.23. The fourth-order valence-corrected chi connectivity index (χ4v) is 1.49. The molecule has 4 heteroatoms. The highest BCUT2D eigenvalue weighted by molar-refractivity contribution is 5.38. The summed E-state index contributed by atoms with van der Waals surface area (Å²) in [6.45, 7) is 6.21. The summed E-state index contributed by atoms with van der Waals surface area (Å²) < 4.78 is 0.